The van der Waals surface area contributed by atoms with Crippen LogP contribution in [0.3, 0.4) is 0 Å². The highest BCUT2D eigenvalue weighted by atomic mass is 32.2. The minimum Gasteiger partial charge on any atom is -0.463 e. The summed E-state index contributed by atoms with van der Waals surface area (Å²) >= 11 is 1.72. The van der Waals surface area contributed by atoms with Crippen molar-refractivity contribution >= 4 is 17.7 Å². The number of esters is 1. The Balaban J connectivity index is 2.54. The average molecular weight is 257 g/mol. The van der Waals surface area contributed by atoms with Gasteiger partial charge in [-0.05, 0) is 25.5 Å². The first-order chi connectivity index (χ1) is 8.08. The fraction of sp³-hybridized carbons (Fsp3) is 0.583. The molecule has 5 heteroatoms. The van der Waals surface area contributed by atoms with Gasteiger partial charge in [0.2, 0.25) is 5.76 Å². The largest absolute Gasteiger partial charge is 0.463 e. The first-order valence-corrected chi connectivity index (χ1v) is 6.68. The molecule has 4 nitrogen and oxygen atoms in total. The van der Waals surface area contributed by atoms with Crippen molar-refractivity contribution in [3.63, 3.8) is 0 Å². The Kier molecular flexibility index (Phi) is 5.58. The molecule has 0 aliphatic carbocycles. The molecular formula is C12H19NO3S. The molecule has 0 bridgehead atoms. The summed E-state index contributed by atoms with van der Waals surface area (Å²) in [6.45, 7) is 4.10. The molecule has 1 rings (SSSR count). The fourth-order valence-electron chi connectivity index (χ4n) is 1.25. The number of methoxy groups -OCH3 is 1. The maximum Gasteiger partial charge on any atom is 0.373 e. The van der Waals surface area contributed by atoms with Gasteiger partial charge in [0, 0.05) is 11.8 Å². The Morgan fingerprint density at radius 3 is 2.88 bits per heavy atom. The quantitative estimate of drug-likeness (QED) is 0.793. The van der Waals surface area contributed by atoms with Crippen molar-refractivity contribution in [2.75, 3.05) is 12.9 Å². The Bertz CT molecular complexity index is 364. The van der Waals surface area contributed by atoms with E-state index in [-0.39, 0.29) is 17.1 Å². The van der Waals surface area contributed by atoms with Crippen LogP contribution in [0.1, 0.15) is 41.8 Å². The highest BCUT2D eigenvalue weighted by Crippen LogP contribution is 2.30. The van der Waals surface area contributed by atoms with Gasteiger partial charge in [0.15, 0.2) is 0 Å². The van der Waals surface area contributed by atoms with Crippen LogP contribution >= 0.6 is 11.8 Å². The van der Waals surface area contributed by atoms with Crippen LogP contribution in [0.15, 0.2) is 16.5 Å². The van der Waals surface area contributed by atoms with E-state index in [0.29, 0.717) is 0 Å². The van der Waals surface area contributed by atoms with Gasteiger partial charge in [-0.15, -0.1) is 11.8 Å². The zero-order valence-corrected chi connectivity index (χ0v) is 11.3. The molecular weight excluding hydrogens is 238 g/mol. The van der Waals surface area contributed by atoms with Crippen LogP contribution < -0.4 is 5.73 Å². The first-order valence-electron chi connectivity index (χ1n) is 5.63. The van der Waals surface area contributed by atoms with Gasteiger partial charge in [-0.3, -0.25) is 0 Å². The lowest BCUT2D eigenvalue weighted by Gasteiger charge is -2.12. The van der Waals surface area contributed by atoms with Crippen molar-refractivity contribution < 1.29 is 13.9 Å². The van der Waals surface area contributed by atoms with Gasteiger partial charge in [-0.1, -0.05) is 6.92 Å². The summed E-state index contributed by atoms with van der Waals surface area (Å²) in [7, 11) is 1.34. The maximum absolute atomic E-state index is 11.2. The van der Waals surface area contributed by atoms with Crippen molar-refractivity contribution in [2.24, 2.45) is 5.73 Å². The molecule has 0 saturated heterocycles. The highest BCUT2D eigenvalue weighted by Gasteiger charge is 2.16. The minimum absolute atomic E-state index is 0.186. The number of carbonyl (C=O) groups is 1. The average Bonchev–Trinajstić information content (AvgIpc) is 2.83. The third-order valence-corrected chi connectivity index (χ3v) is 3.85. The molecule has 1 heterocycles. The number of furan rings is 1. The summed E-state index contributed by atoms with van der Waals surface area (Å²) in [5, 5.41) is 0.186. The van der Waals surface area contributed by atoms with E-state index < -0.39 is 5.97 Å². The molecule has 2 atom stereocenters. The van der Waals surface area contributed by atoms with E-state index >= 15 is 0 Å². The molecule has 17 heavy (non-hydrogen) atoms. The number of hydrogen-bond acceptors (Lipinski definition) is 5. The summed E-state index contributed by atoms with van der Waals surface area (Å²) < 4.78 is 10.0. The van der Waals surface area contributed by atoms with E-state index in [9.17, 15) is 4.79 Å². The second-order valence-electron chi connectivity index (χ2n) is 3.84. The van der Waals surface area contributed by atoms with E-state index in [2.05, 4.69) is 11.7 Å². The Labute approximate surface area is 106 Å². The number of hydrogen-bond donors (Lipinski definition) is 1. The molecule has 1 aromatic heterocycles. The van der Waals surface area contributed by atoms with Gasteiger partial charge < -0.3 is 14.9 Å². The van der Waals surface area contributed by atoms with Gasteiger partial charge in [0.25, 0.3) is 0 Å². The Morgan fingerprint density at radius 2 is 2.29 bits per heavy atom. The van der Waals surface area contributed by atoms with Gasteiger partial charge in [-0.25, -0.2) is 4.79 Å². The van der Waals surface area contributed by atoms with Gasteiger partial charge >= 0.3 is 5.97 Å². The molecule has 2 N–H and O–H groups in total. The van der Waals surface area contributed by atoms with Gasteiger partial charge in [0.1, 0.15) is 5.76 Å². The zero-order valence-electron chi connectivity index (χ0n) is 10.4. The minimum atomic E-state index is -0.446. The molecule has 0 spiro atoms. The monoisotopic (exact) mass is 257 g/mol. The van der Waals surface area contributed by atoms with E-state index in [1.54, 1.807) is 23.9 Å². The number of ether oxygens (including phenoxy) is 1. The number of thioether (sulfide) groups is 1. The second-order valence-corrected chi connectivity index (χ2v) is 5.21. The van der Waals surface area contributed by atoms with Crippen LogP contribution in [-0.4, -0.2) is 24.9 Å². The highest BCUT2D eigenvalue weighted by molar-refractivity contribution is 7.99. The lowest BCUT2D eigenvalue weighted by Crippen LogP contribution is -2.21. The molecule has 0 saturated carbocycles. The van der Waals surface area contributed by atoms with E-state index in [4.69, 9.17) is 10.2 Å². The van der Waals surface area contributed by atoms with E-state index in [0.717, 1.165) is 17.9 Å². The summed E-state index contributed by atoms with van der Waals surface area (Å²) in [6.07, 6.45) is 0.964. The first kappa shape index (κ1) is 14.1. The normalized spacial score (nSPS) is 14.4. The summed E-state index contributed by atoms with van der Waals surface area (Å²) in [4.78, 5) is 11.2. The predicted molar refractivity (Wildman–Crippen MR) is 69.2 cm³/mol. The Morgan fingerprint density at radius 1 is 1.59 bits per heavy atom. The van der Waals surface area contributed by atoms with E-state index in [1.165, 1.54) is 7.11 Å². The Hall–Kier alpha value is -0.940. The van der Waals surface area contributed by atoms with E-state index in [1.807, 2.05) is 6.92 Å². The third-order valence-electron chi connectivity index (χ3n) is 2.50. The molecule has 0 amide bonds. The zero-order chi connectivity index (χ0) is 12.8. The number of nitrogens with two attached hydrogens (primary N) is 1. The fourth-order valence-corrected chi connectivity index (χ4v) is 2.31. The summed E-state index contributed by atoms with van der Waals surface area (Å²) in [5.41, 5.74) is 5.85. The number of carbonyl (C=O) groups excluding carboxylic acids is 1. The van der Waals surface area contributed by atoms with Crippen molar-refractivity contribution in [1.29, 1.82) is 0 Å². The predicted octanol–water partition coefficient (Wildman–Crippen LogP) is 2.60. The molecule has 96 valence electrons. The SMILES string of the molecule is CCC(N)CSC(C)c1ccc(C(=O)OC)o1. The topological polar surface area (TPSA) is 65.5 Å². The van der Waals surface area contributed by atoms with Crippen LogP contribution in [0, 0.1) is 0 Å². The van der Waals surface area contributed by atoms with Crippen molar-refractivity contribution in [3.8, 4) is 0 Å². The maximum atomic E-state index is 11.2. The van der Waals surface area contributed by atoms with Crippen molar-refractivity contribution in [2.45, 2.75) is 31.6 Å². The summed E-state index contributed by atoms with van der Waals surface area (Å²) in [6, 6.07) is 3.65. The van der Waals surface area contributed by atoms with Crippen molar-refractivity contribution in [1.82, 2.24) is 0 Å². The van der Waals surface area contributed by atoms with Crippen LogP contribution in [0.2, 0.25) is 0 Å². The third kappa shape index (κ3) is 4.09. The number of rotatable bonds is 6. The van der Waals surface area contributed by atoms with Crippen LogP contribution in [0.5, 0.6) is 0 Å². The molecule has 0 aliphatic heterocycles. The standard InChI is InChI=1S/C12H19NO3S/c1-4-9(13)7-17-8(2)10-5-6-11(16-10)12(14)15-3/h5-6,8-9H,4,7,13H2,1-3H3. The molecule has 0 aliphatic rings. The van der Waals surface area contributed by atoms with Crippen molar-refractivity contribution in [3.05, 3.63) is 23.7 Å². The summed E-state index contributed by atoms with van der Waals surface area (Å²) in [5.74, 6) is 1.46. The molecule has 1 aromatic rings. The molecule has 0 radical (unpaired) electrons. The second kappa shape index (κ2) is 6.71. The molecule has 0 aromatic carbocycles. The van der Waals surface area contributed by atoms with Crippen LogP contribution in [0.4, 0.5) is 0 Å². The van der Waals surface area contributed by atoms with Crippen LogP contribution in [-0.2, 0) is 4.74 Å². The smallest absolute Gasteiger partial charge is 0.373 e. The lowest BCUT2D eigenvalue weighted by atomic mass is 10.3. The lowest BCUT2D eigenvalue weighted by molar-refractivity contribution is 0.0563. The van der Waals surface area contributed by atoms with Gasteiger partial charge in [-0.2, -0.15) is 0 Å². The molecule has 0 fully saturated rings. The van der Waals surface area contributed by atoms with Gasteiger partial charge in [0.05, 0.1) is 12.4 Å². The van der Waals surface area contributed by atoms with Crippen LogP contribution in [0.25, 0.3) is 0 Å². The molecule has 2 unspecified atom stereocenters.